The van der Waals surface area contributed by atoms with Crippen LogP contribution in [-0.4, -0.2) is 32.7 Å². The summed E-state index contributed by atoms with van der Waals surface area (Å²) in [6, 6.07) is 6.71. The molecule has 0 aliphatic heterocycles. The highest BCUT2D eigenvalue weighted by Gasteiger charge is 2.22. The van der Waals surface area contributed by atoms with E-state index in [9.17, 15) is 31.2 Å². The Morgan fingerprint density at radius 3 is 2.37 bits per heavy atom. The number of anilines is 1. The lowest BCUT2D eigenvalue weighted by Gasteiger charge is -2.10. The van der Waals surface area contributed by atoms with Crippen LogP contribution >= 0.6 is 0 Å². The average molecular weight is 401 g/mol. The van der Waals surface area contributed by atoms with Crippen LogP contribution in [0.5, 0.6) is 0 Å². The molecule has 0 aliphatic rings. The molecule has 27 heavy (non-hydrogen) atoms. The number of carbonyl (C=O) groups excluding carboxylic acids is 2. The minimum Gasteiger partial charge on any atom is -0.452 e. The predicted molar refractivity (Wildman–Crippen MR) is 89.4 cm³/mol. The summed E-state index contributed by atoms with van der Waals surface area (Å²) in [6.07, 6.45) is 0. The first-order chi connectivity index (χ1) is 12.7. The summed E-state index contributed by atoms with van der Waals surface area (Å²) in [4.78, 5) is 23.6. The van der Waals surface area contributed by atoms with Gasteiger partial charge in [0, 0.05) is 0 Å². The second-order valence-electron chi connectivity index (χ2n) is 5.25. The first kappa shape index (κ1) is 20.4. The number of nitrogens with one attached hydrogen (secondary N) is 1. The van der Waals surface area contributed by atoms with Crippen LogP contribution in [0.15, 0.2) is 41.3 Å². The fourth-order valence-electron chi connectivity index (χ4n) is 2.08. The van der Waals surface area contributed by atoms with Gasteiger partial charge in [0.25, 0.3) is 5.91 Å². The van der Waals surface area contributed by atoms with Crippen LogP contribution in [0, 0.1) is 17.5 Å². The van der Waals surface area contributed by atoms with Crippen molar-refractivity contribution in [3.63, 3.8) is 0 Å². The van der Waals surface area contributed by atoms with Crippen LogP contribution in [0.25, 0.3) is 0 Å². The molecule has 0 unspecified atom stereocenters. The van der Waals surface area contributed by atoms with Gasteiger partial charge in [0.2, 0.25) is 0 Å². The summed E-state index contributed by atoms with van der Waals surface area (Å²) in [5.41, 5.74) is -0.893. The van der Waals surface area contributed by atoms with E-state index in [1.165, 1.54) is 31.2 Å². The first-order valence-corrected chi connectivity index (χ1v) is 9.25. The predicted octanol–water partition coefficient (Wildman–Crippen LogP) is 2.69. The van der Waals surface area contributed by atoms with Crippen molar-refractivity contribution in [2.24, 2.45) is 0 Å². The van der Waals surface area contributed by atoms with Crippen LogP contribution in [0.2, 0.25) is 0 Å². The van der Waals surface area contributed by atoms with E-state index >= 15 is 0 Å². The number of carbonyl (C=O) groups is 2. The Kier molecular flexibility index (Phi) is 6.21. The quantitative estimate of drug-likeness (QED) is 0.594. The molecule has 0 saturated heterocycles. The van der Waals surface area contributed by atoms with Crippen molar-refractivity contribution >= 4 is 27.4 Å². The third kappa shape index (κ3) is 4.64. The molecule has 10 heteroatoms. The molecule has 6 nitrogen and oxygen atoms in total. The van der Waals surface area contributed by atoms with Crippen molar-refractivity contribution in [3.05, 3.63) is 59.4 Å². The fourth-order valence-corrected chi connectivity index (χ4v) is 3.16. The van der Waals surface area contributed by atoms with Crippen LogP contribution in [-0.2, 0) is 19.4 Å². The largest absolute Gasteiger partial charge is 0.452 e. The summed E-state index contributed by atoms with van der Waals surface area (Å²) in [6.45, 7) is 0.513. The van der Waals surface area contributed by atoms with Gasteiger partial charge >= 0.3 is 5.97 Å². The lowest BCUT2D eigenvalue weighted by molar-refractivity contribution is -0.119. The highest BCUT2D eigenvalue weighted by molar-refractivity contribution is 7.91. The fraction of sp³-hybridized carbons (Fsp3) is 0.176. The molecule has 0 spiro atoms. The van der Waals surface area contributed by atoms with E-state index in [0.29, 0.717) is 6.07 Å². The Labute approximate surface area is 152 Å². The van der Waals surface area contributed by atoms with Crippen molar-refractivity contribution in [1.82, 2.24) is 0 Å². The van der Waals surface area contributed by atoms with E-state index in [-0.39, 0.29) is 16.2 Å². The Morgan fingerprint density at radius 2 is 1.70 bits per heavy atom. The van der Waals surface area contributed by atoms with Gasteiger partial charge in [-0.2, -0.15) is 0 Å². The molecular formula is C17H14F3NO5S. The van der Waals surface area contributed by atoms with Crippen molar-refractivity contribution in [3.8, 4) is 0 Å². The summed E-state index contributed by atoms with van der Waals surface area (Å²) < 4.78 is 68.2. The lowest BCUT2D eigenvalue weighted by Crippen LogP contribution is -2.22. The Bertz CT molecular complexity index is 992. The lowest BCUT2D eigenvalue weighted by atomic mass is 10.2. The highest BCUT2D eigenvalue weighted by Crippen LogP contribution is 2.20. The molecule has 0 fully saturated rings. The summed E-state index contributed by atoms with van der Waals surface area (Å²) in [7, 11) is -3.70. The van der Waals surface area contributed by atoms with E-state index in [4.69, 9.17) is 4.74 Å². The number of ether oxygens (including phenoxy) is 1. The number of rotatable bonds is 6. The minimum absolute atomic E-state index is 0.243. The molecule has 0 saturated carbocycles. The first-order valence-electron chi connectivity index (χ1n) is 7.59. The van der Waals surface area contributed by atoms with Crippen molar-refractivity contribution < 1.29 is 35.9 Å². The maximum absolute atomic E-state index is 13.5. The van der Waals surface area contributed by atoms with Gasteiger partial charge in [-0.1, -0.05) is 19.1 Å². The SMILES string of the molecule is CCS(=O)(=O)c1ccccc1C(=O)OCC(=O)Nc1ccc(F)c(F)c1F. The summed E-state index contributed by atoms with van der Waals surface area (Å²) in [5.74, 6) is -7.14. The molecule has 0 bridgehead atoms. The second kappa shape index (κ2) is 8.21. The van der Waals surface area contributed by atoms with E-state index in [1.807, 2.05) is 5.32 Å². The van der Waals surface area contributed by atoms with E-state index < -0.39 is 51.5 Å². The third-order valence-corrected chi connectivity index (χ3v) is 5.25. The molecule has 144 valence electrons. The zero-order valence-electron chi connectivity index (χ0n) is 14.0. The van der Waals surface area contributed by atoms with Crippen LogP contribution in [0.1, 0.15) is 17.3 Å². The maximum atomic E-state index is 13.5. The molecule has 0 atom stereocenters. The molecule has 1 amide bonds. The average Bonchev–Trinajstić information content (AvgIpc) is 2.66. The zero-order chi connectivity index (χ0) is 20.2. The summed E-state index contributed by atoms with van der Waals surface area (Å²) in [5, 5.41) is 1.93. The number of benzene rings is 2. The Hall–Kier alpha value is -2.88. The number of hydrogen-bond acceptors (Lipinski definition) is 5. The number of amides is 1. The molecule has 0 aliphatic carbocycles. The second-order valence-corrected chi connectivity index (χ2v) is 7.49. The minimum atomic E-state index is -3.70. The van der Waals surface area contributed by atoms with E-state index in [0.717, 1.165) is 6.07 Å². The Balaban J connectivity index is 2.09. The van der Waals surface area contributed by atoms with E-state index in [1.54, 1.807) is 0 Å². The molecule has 0 aromatic heterocycles. The van der Waals surface area contributed by atoms with Gasteiger partial charge in [-0.05, 0) is 24.3 Å². The van der Waals surface area contributed by atoms with Crippen LogP contribution in [0.4, 0.5) is 18.9 Å². The molecule has 0 heterocycles. The van der Waals surface area contributed by atoms with Gasteiger partial charge < -0.3 is 10.1 Å². The molecule has 2 aromatic carbocycles. The molecular weight excluding hydrogens is 387 g/mol. The highest BCUT2D eigenvalue weighted by atomic mass is 32.2. The van der Waals surface area contributed by atoms with Crippen molar-refractivity contribution in [2.45, 2.75) is 11.8 Å². The van der Waals surface area contributed by atoms with Gasteiger partial charge in [0.1, 0.15) is 0 Å². The smallest absolute Gasteiger partial charge is 0.339 e. The number of halogens is 3. The Morgan fingerprint density at radius 1 is 1.04 bits per heavy atom. The van der Waals surface area contributed by atoms with Gasteiger partial charge in [-0.15, -0.1) is 0 Å². The van der Waals surface area contributed by atoms with Crippen LogP contribution < -0.4 is 5.32 Å². The molecule has 2 rings (SSSR count). The monoisotopic (exact) mass is 401 g/mol. The van der Waals surface area contributed by atoms with Crippen molar-refractivity contribution in [1.29, 1.82) is 0 Å². The van der Waals surface area contributed by atoms with Crippen LogP contribution in [0.3, 0.4) is 0 Å². The normalized spacial score (nSPS) is 11.1. The van der Waals surface area contributed by atoms with Gasteiger partial charge in [0.15, 0.2) is 33.9 Å². The number of hydrogen-bond donors (Lipinski definition) is 1. The number of esters is 1. The maximum Gasteiger partial charge on any atom is 0.339 e. The molecule has 0 radical (unpaired) electrons. The van der Waals surface area contributed by atoms with Gasteiger partial charge in [-0.3, -0.25) is 4.79 Å². The van der Waals surface area contributed by atoms with Crippen molar-refractivity contribution in [2.75, 3.05) is 17.7 Å². The zero-order valence-corrected chi connectivity index (χ0v) is 14.8. The van der Waals surface area contributed by atoms with Gasteiger partial charge in [-0.25, -0.2) is 26.4 Å². The molecule has 1 N–H and O–H groups in total. The standard InChI is InChI=1S/C17H14F3NO5S/c1-2-27(24,25)13-6-4-3-5-10(13)17(23)26-9-14(22)21-12-8-7-11(18)15(19)16(12)20/h3-8H,2,9H2,1H3,(H,21,22). The number of sulfone groups is 1. The molecule has 2 aromatic rings. The topological polar surface area (TPSA) is 89.5 Å². The summed E-state index contributed by atoms with van der Waals surface area (Å²) >= 11 is 0. The van der Waals surface area contributed by atoms with Gasteiger partial charge in [0.05, 0.1) is 21.9 Å². The van der Waals surface area contributed by atoms with E-state index in [2.05, 4.69) is 0 Å². The third-order valence-electron chi connectivity index (χ3n) is 3.47.